The Morgan fingerprint density at radius 1 is 1.00 bits per heavy atom. The molecular weight excluding hydrogens is 454 g/mol. The van der Waals surface area contributed by atoms with Crippen LogP contribution in [0.3, 0.4) is 0 Å². The van der Waals surface area contributed by atoms with Gasteiger partial charge in [-0.3, -0.25) is 0 Å². The summed E-state index contributed by atoms with van der Waals surface area (Å²) >= 11 is 1.55. The number of hydrogen-bond acceptors (Lipinski definition) is 5. The molecule has 1 aliphatic rings. The number of rotatable bonds is 6. The van der Waals surface area contributed by atoms with Gasteiger partial charge < -0.3 is 8.98 Å². The Labute approximate surface area is 197 Å². The molecule has 6 nitrogen and oxygen atoms in total. The molecule has 1 aliphatic heterocycles. The summed E-state index contributed by atoms with van der Waals surface area (Å²) in [5.41, 5.74) is 3.97. The second kappa shape index (κ2) is 9.13. The fourth-order valence-corrected chi connectivity index (χ4v) is 6.41. The fraction of sp³-hybridized carbons (Fsp3) is 0.240. The van der Waals surface area contributed by atoms with Gasteiger partial charge in [0.1, 0.15) is 5.76 Å². The van der Waals surface area contributed by atoms with Crippen molar-refractivity contribution in [3.05, 3.63) is 88.4 Å². The largest absolute Gasteiger partial charge is 0.467 e. The molecule has 0 aliphatic carbocycles. The Bertz CT molecular complexity index is 1390. The maximum atomic E-state index is 12.9. The summed E-state index contributed by atoms with van der Waals surface area (Å²) in [5, 5.41) is 2.06. The molecule has 0 saturated carbocycles. The van der Waals surface area contributed by atoms with Gasteiger partial charge >= 0.3 is 0 Å². The highest BCUT2D eigenvalue weighted by atomic mass is 32.2. The third-order valence-corrected chi connectivity index (χ3v) is 8.58. The minimum Gasteiger partial charge on any atom is -0.467 e. The van der Waals surface area contributed by atoms with Gasteiger partial charge in [-0.25, -0.2) is 13.4 Å². The first kappa shape index (κ1) is 21.9. The minimum absolute atomic E-state index is 0.338. The lowest BCUT2D eigenvalue weighted by Gasteiger charge is -2.15. The van der Waals surface area contributed by atoms with Crippen LogP contribution >= 0.6 is 11.3 Å². The van der Waals surface area contributed by atoms with Crippen molar-refractivity contribution in [3.8, 4) is 11.3 Å². The molecule has 2 aromatic carbocycles. The molecule has 0 amide bonds. The van der Waals surface area contributed by atoms with Crippen LogP contribution in [-0.2, 0) is 16.6 Å². The molecule has 0 spiro atoms. The number of aryl methyl sites for hydroxylation is 1. The molecule has 8 heteroatoms. The number of nitrogens with zero attached hydrogens (tertiary/aromatic N) is 3. The van der Waals surface area contributed by atoms with Crippen LogP contribution in [0, 0.1) is 6.92 Å². The maximum Gasteiger partial charge on any atom is 0.243 e. The monoisotopic (exact) mass is 479 g/mol. The summed E-state index contributed by atoms with van der Waals surface area (Å²) < 4.78 is 35.0. The second-order valence-corrected chi connectivity index (χ2v) is 10.9. The smallest absolute Gasteiger partial charge is 0.243 e. The topological polar surface area (TPSA) is 67.8 Å². The van der Waals surface area contributed by atoms with Crippen LogP contribution in [0.2, 0.25) is 0 Å². The van der Waals surface area contributed by atoms with Crippen LogP contribution in [-0.4, -0.2) is 30.4 Å². The highest BCUT2D eigenvalue weighted by molar-refractivity contribution is 7.89. The van der Waals surface area contributed by atoms with E-state index in [9.17, 15) is 8.42 Å². The average molecular weight is 480 g/mol. The van der Waals surface area contributed by atoms with Crippen molar-refractivity contribution in [2.24, 2.45) is 4.99 Å². The number of sulfonamides is 1. The number of benzene rings is 2. The van der Waals surface area contributed by atoms with Gasteiger partial charge in [0, 0.05) is 18.5 Å². The number of thiazole rings is 1. The predicted molar refractivity (Wildman–Crippen MR) is 130 cm³/mol. The van der Waals surface area contributed by atoms with E-state index in [2.05, 4.69) is 16.9 Å². The van der Waals surface area contributed by atoms with Crippen LogP contribution in [0.1, 0.15) is 24.2 Å². The Morgan fingerprint density at radius 2 is 1.73 bits per heavy atom. The Kier molecular flexibility index (Phi) is 6.05. The van der Waals surface area contributed by atoms with Crippen LogP contribution in [0.4, 0.5) is 5.69 Å². The first-order valence-corrected chi connectivity index (χ1v) is 13.3. The average Bonchev–Trinajstić information content (AvgIpc) is 3.59. The quantitative estimate of drug-likeness (QED) is 0.383. The summed E-state index contributed by atoms with van der Waals surface area (Å²) in [4.78, 5) is 6.04. The van der Waals surface area contributed by atoms with Crippen LogP contribution in [0.5, 0.6) is 0 Å². The Morgan fingerprint density at radius 3 is 2.39 bits per heavy atom. The van der Waals surface area contributed by atoms with Crippen molar-refractivity contribution in [3.63, 3.8) is 0 Å². The highest BCUT2D eigenvalue weighted by Crippen LogP contribution is 2.26. The first-order valence-electron chi connectivity index (χ1n) is 10.9. The fourth-order valence-electron chi connectivity index (χ4n) is 3.97. The zero-order valence-electron chi connectivity index (χ0n) is 18.3. The summed E-state index contributed by atoms with van der Waals surface area (Å²) in [5.74, 6) is 0.827. The second-order valence-electron chi connectivity index (χ2n) is 8.15. The van der Waals surface area contributed by atoms with Crippen molar-refractivity contribution in [1.82, 2.24) is 8.87 Å². The molecule has 1 fully saturated rings. The van der Waals surface area contributed by atoms with Gasteiger partial charge in [0.05, 0.1) is 29.1 Å². The SMILES string of the molecule is Cc1ccc(N=c2scc(-c3ccc(S(=O)(=O)N4CCCC4)cc3)n2Cc2ccco2)cc1. The zero-order chi connectivity index (χ0) is 22.8. The molecule has 5 rings (SSSR count). The first-order chi connectivity index (χ1) is 16.0. The molecule has 0 unspecified atom stereocenters. The molecule has 0 radical (unpaired) electrons. The molecule has 1 saturated heterocycles. The van der Waals surface area contributed by atoms with E-state index in [1.54, 1.807) is 34.0 Å². The third kappa shape index (κ3) is 4.59. The zero-order valence-corrected chi connectivity index (χ0v) is 20.0. The molecule has 0 N–H and O–H groups in total. The lowest BCUT2D eigenvalue weighted by atomic mass is 10.2. The molecule has 0 atom stereocenters. The van der Waals surface area contributed by atoms with Crippen molar-refractivity contribution >= 4 is 27.0 Å². The number of hydrogen-bond donors (Lipinski definition) is 0. The Balaban J connectivity index is 1.53. The van der Waals surface area contributed by atoms with Crippen molar-refractivity contribution in [2.45, 2.75) is 31.2 Å². The van der Waals surface area contributed by atoms with Crippen LogP contribution < -0.4 is 4.80 Å². The lowest BCUT2D eigenvalue weighted by molar-refractivity contribution is 0.477. The van der Waals surface area contributed by atoms with Crippen LogP contribution in [0.15, 0.2) is 86.6 Å². The molecule has 0 bridgehead atoms. The lowest BCUT2D eigenvalue weighted by Crippen LogP contribution is -2.27. The molecule has 4 aromatic rings. The van der Waals surface area contributed by atoms with Gasteiger partial charge in [0.2, 0.25) is 10.0 Å². The third-order valence-electron chi connectivity index (χ3n) is 5.80. The van der Waals surface area contributed by atoms with Gasteiger partial charge in [0.25, 0.3) is 0 Å². The number of furan rings is 1. The van der Waals surface area contributed by atoms with E-state index in [1.807, 2.05) is 48.5 Å². The molecule has 3 heterocycles. The van der Waals surface area contributed by atoms with E-state index in [0.29, 0.717) is 24.5 Å². The van der Waals surface area contributed by atoms with E-state index < -0.39 is 10.0 Å². The van der Waals surface area contributed by atoms with Crippen molar-refractivity contribution in [2.75, 3.05) is 13.1 Å². The Hall–Kier alpha value is -2.94. The predicted octanol–water partition coefficient (Wildman–Crippen LogP) is 5.18. The molecule has 2 aromatic heterocycles. The van der Waals surface area contributed by atoms with Gasteiger partial charge in [-0.2, -0.15) is 4.31 Å². The molecular formula is C25H25N3O3S2. The highest BCUT2D eigenvalue weighted by Gasteiger charge is 2.27. The van der Waals surface area contributed by atoms with Crippen molar-refractivity contribution < 1.29 is 12.8 Å². The normalized spacial score (nSPS) is 15.4. The van der Waals surface area contributed by atoms with Gasteiger partial charge in [0.15, 0.2) is 4.80 Å². The van der Waals surface area contributed by atoms with Gasteiger partial charge in [-0.15, -0.1) is 11.3 Å². The maximum absolute atomic E-state index is 12.9. The van der Waals surface area contributed by atoms with E-state index in [4.69, 9.17) is 9.41 Å². The van der Waals surface area contributed by atoms with E-state index in [-0.39, 0.29) is 0 Å². The summed E-state index contributed by atoms with van der Waals surface area (Å²) in [7, 11) is -3.43. The molecule has 33 heavy (non-hydrogen) atoms. The molecule has 170 valence electrons. The van der Waals surface area contributed by atoms with Gasteiger partial charge in [-0.1, -0.05) is 29.8 Å². The summed E-state index contributed by atoms with van der Waals surface area (Å²) in [6.07, 6.45) is 3.51. The standard InChI is InChI=1S/C25H25N3O3S2/c1-19-6-10-21(11-7-19)26-25-28(17-22-5-4-16-31-22)24(18-32-25)20-8-12-23(13-9-20)33(29,30)27-14-2-3-15-27/h4-13,16,18H,2-3,14-15,17H2,1H3. The summed E-state index contributed by atoms with van der Waals surface area (Å²) in [6, 6.07) is 19.1. The van der Waals surface area contributed by atoms with E-state index in [1.165, 1.54) is 5.56 Å². The van der Waals surface area contributed by atoms with Crippen LogP contribution in [0.25, 0.3) is 11.3 Å². The van der Waals surface area contributed by atoms with Gasteiger partial charge in [-0.05, 0) is 61.7 Å². The minimum atomic E-state index is -3.43. The van der Waals surface area contributed by atoms with Crippen molar-refractivity contribution in [1.29, 1.82) is 0 Å². The van der Waals surface area contributed by atoms with E-state index in [0.717, 1.165) is 40.3 Å². The number of aromatic nitrogens is 1. The summed E-state index contributed by atoms with van der Waals surface area (Å²) in [6.45, 7) is 3.78. The van der Waals surface area contributed by atoms with E-state index >= 15 is 0 Å².